The van der Waals surface area contributed by atoms with Crippen LogP contribution in [-0.4, -0.2) is 44.1 Å². The minimum absolute atomic E-state index is 0.140. The van der Waals surface area contributed by atoms with Crippen LogP contribution in [0.15, 0.2) is 29.2 Å². The molecule has 0 aromatic heterocycles. The molecule has 0 amide bonds. The number of benzene rings is 1. The van der Waals surface area contributed by atoms with Crippen LogP contribution in [0.1, 0.15) is 25.7 Å². The molecule has 1 aromatic rings. The van der Waals surface area contributed by atoms with Crippen LogP contribution < -0.4 is 4.74 Å². The second kappa shape index (κ2) is 5.71. The number of rotatable bonds is 5. The minimum Gasteiger partial charge on any atom is -0.497 e. The first-order valence-electron chi connectivity index (χ1n) is 6.70. The van der Waals surface area contributed by atoms with Crippen molar-refractivity contribution >= 4 is 10.0 Å². The van der Waals surface area contributed by atoms with E-state index in [0.29, 0.717) is 18.6 Å². The van der Waals surface area contributed by atoms with Crippen molar-refractivity contribution in [2.75, 3.05) is 20.7 Å². The number of likely N-dealkylation sites (N-methyl/N-ethyl adjacent to an activating group) is 1. The highest BCUT2D eigenvalue weighted by atomic mass is 32.2. The maximum atomic E-state index is 12.4. The van der Waals surface area contributed by atoms with E-state index in [-0.39, 0.29) is 11.4 Å². The molecule has 1 aliphatic rings. The Morgan fingerprint density at radius 1 is 1.25 bits per heavy atom. The summed E-state index contributed by atoms with van der Waals surface area (Å²) >= 11 is 0. The van der Waals surface area contributed by atoms with Crippen LogP contribution in [0.5, 0.6) is 5.75 Å². The third kappa shape index (κ3) is 3.13. The van der Waals surface area contributed by atoms with Crippen molar-refractivity contribution in [1.82, 2.24) is 4.31 Å². The van der Waals surface area contributed by atoms with Crippen molar-refractivity contribution in [2.24, 2.45) is 0 Å². The van der Waals surface area contributed by atoms with Crippen LogP contribution in [0.2, 0.25) is 0 Å². The van der Waals surface area contributed by atoms with Gasteiger partial charge in [0.05, 0.1) is 17.6 Å². The second-order valence-electron chi connectivity index (χ2n) is 5.37. The van der Waals surface area contributed by atoms with Crippen molar-refractivity contribution in [2.45, 2.75) is 36.2 Å². The molecule has 0 aliphatic heterocycles. The number of ether oxygens (including phenoxy) is 1. The van der Waals surface area contributed by atoms with E-state index in [1.165, 1.54) is 30.6 Å². The van der Waals surface area contributed by atoms with Gasteiger partial charge in [-0.25, -0.2) is 8.42 Å². The van der Waals surface area contributed by atoms with E-state index in [9.17, 15) is 13.5 Å². The Labute approximate surface area is 120 Å². The number of sulfonamides is 1. The Hall–Kier alpha value is -1.11. The molecule has 0 bridgehead atoms. The Morgan fingerprint density at radius 2 is 1.80 bits per heavy atom. The number of hydrogen-bond acceptors (Lipinski definition) is 4. The van der Waals surface area contributed by atoms with Gasteiger partial charge in [-0.05, 0) is 37.1 Å². The average Bonchev–Trinajstić information content (AvgIpc) is 2.85. The van der Waals surface area contributed by atoms with E-state index in [0.717, 1.165) is 12.8 Å². The van der Waals surface area contributed by atoms with Crippen LogP contribution >= 0.6 is 0 Å². The predicted molar refractivity (Wildman–Crippen MR) is 76.2 cm³/mol. The Morgan fingerprint density at radius 3 is 2.30 bits per heavy atom. The van der Waals surface area contributed by atoms with Gasteiger partial charge in [0, 0.05) is 13.6 Å². The molecule has 1 fully saturated rings. The lowest BCUT2D eigenvalue weighted by molar-refractivity contribution is 0.0333. The smallest absolute Gasteiger partial charge is 0.242 e. The Kier molecular flexibility index (Phi) is 4.36. The first kappa shape index (κ1) is 15.3. The third-order valence-corrected chi connectivity index (χ3v) is 5.64. The first-order chi connectivity index (χ1) is 9.37. The number of nitrogens with zero attached hydrogens (tertiary/aromatic N) is 1. The molecule has 0 unspecified atom stereocenters. The summed E-state index contributed by atoms with van der Waals surface area (Å²) in [6.45, 7) is 0.140. The largest absolute Gasteiger partial charge is 0.497 e. The van der Waals surface area contributed by atoms with Crippen molar-refractivity contribution in [3.05, 3.63) is 24.3 Å². The predicted octanol–water partition coefficient (Wildman–Crippen LogP) is 1.62. The molecule has 1 N–H and O–H groups in total. The summed E-state index contributed by atoms with van der Waals surface area (Å²) in [5.41, 5.74) is -0.881. The molecule has 0 radical (unpaired) electrons. The molecule has 112 valence electrons. The third-order valence-electron chi connectivity index (χ3n) is 3.82. The quantitative estimate of drug-likeness (QED) is 0.897. The Balaban J connectivity index is 2.15. The molecule has 1 saturated carbocycles. The lowest BCUT2D eigenvalue weighted by Gasteiger charge is -2.28. The highest BCUT2D eigenvalue weighted by Gasteiger charge is 2.35. The topological polar surface area (TPSA) is 66.8 Å². The van der Waals surface area contributed by atoms with Gasteiger partial charge in [0.25, 0.3) is 0 Å². The second-order valence-corrected chi connectivity index (χ2v) is 7.41. The first-order valence-corrected chi connectivity index (χ1v) is 8.14. The van der Waals surface area contributed by atoms with Crippen molar-refractivity contribution in [3.63, 3.8) is 0 Å². The highest BCUT2D eigenvalue weighted by molar-refractivity contribution is 7.89. The molecule has 6 heteroatoms. The van der Waals surface area contributed by atoms with Gasteiger partial charge in [-0.1, -0.05) is 12.8 Å². The fourth-order valence-electron chi connectivity index (χ4n) is 2.62. The maximum Gasteiger partial charge on any atom is 0.242 e. The van der Waals surface area contributed by atoms with E-state index in [1.54, 1.807) is 12.1 Å². The molecule has 20 heavy (non-hydrogen) atoms. The van der Waals surface area contributed by atoms with Crippen molar-refractivity contribution < 1.29 is 18.3 Å². The zero-order valence-corrected chi connectivity index (χ0v) is 12.7. The van der Waals surface area contributed by atoms with Crippen LogP contribution in [-0.2, 0) is 10.0 Å². The van der Waals surface area contributed by atoms with Gasteiger partial charge in [-0.15, -0.1) is 0 Å². The molecule has 2 rings (SSSR count). The van der Waals surface area contributed by atoms with Crippen LogP contribution in [0.4, 0.5) is 0 Å². The number of methoxy groups -OCH3 is 1. The van der Waals surface area contributed by atoms with Gasteiger partial charge in [0.15, 0.2) is 0 Å². The minimum atomic E-state index is -3.57. The van der Waals surface area contributed by atoms with Crippen molar-refractivity contribution in [3.8, 4) is 5.75 Å². The lowest BCUT2D eigenvalue weighted by Crippen LogP contribution is -2.41. The molecule has 5 nitrogen and oxygen atoms in total. The fraction of sp³-hybridized carbons (Fsp3) is 0.571. The molecular weight excluding hydrogens is 278 g/mol. The van der Waals surface area contributed by atoms with E-state index in [1.807, 2.05) is 0 Å². The normalized spacial score (nSPS) is 18.4. The summed E-state index contributed by atoms with van der Waals surface area (Å²) < 4.78 is 31.1. The molecule has 0 atom stereocenters. The highest BCUT2D eigenvalue weighted by Crippen LogP contribution is 2.31. The zero-order valence-electron chi connectivity index (χ0n) is 11.9. The monoisotopic (exact) mass is 299 g/mol. The van der Waals surface area contributed by atoms with Gasteiger partial charge in [0.2, 0.25) is 10.0 Å². The van der Waals surface area contributed by atoms with Gasteiger partial charge >= 0.3 is 0 Å². The molecular formula is C14H21NO4S. The molecule has 1 aromatic carbocycles. The molecule has 0 heterocycles. The summed E-state index contributed by atoms with van der Waals surface area (Å²) in [4.78, 5) is 0.211. The van der Waals surface area contributed by atoms with Gasteiger partial charge in [-0.3, -0.25) is 0 Å². The lowest BCUT2D eigenvalue weighted by atomic mass is 10.0. The van der Waals surface area contributed by atoms with E-state index in [4.69, 9.17) is 4.74 Å². The van der Waals surface area contributed by atoms with E-state index >= 15 is 0 Å². The zero-order chi connectivity index (χ0) is 14.8. The number of aliphatic hydroxyl groups is 1. The average molecular weight is 299 g/mol. The molecule has 0 saturated heterocycles. The fourth-order valence-corrected chi connectivity index (χ4v) is 3.87. The maximum absolute atomic E-state index is 12.4. The summed E-state index contributed by atoms with van der Waals surface area (Å²) in [6.07, 6.45) is 3.23. The summed E-state index contributed by atoms with van der Waals surface area (Å²) in [5, 5.41) is 10.3. The van der Waals surface area contributed by atoms with Gasteiger partial charge < -0.3 is 9.84 Å². The SMILES string of the molecule is COc1ccc(S(=O)(=O)N(C)CC2(O)CCCC2)cc1. The summed E-state index contributed by atoms with van der Waals surface area (Å²) in [6, 6.07) is 6.27. The van der Waals surface area contributed by atoms with E-state index in [2.05, 4.69) is 0 Å². The van der Waals surface area contributed by atoms with Gasteiger partial charge in [0.1, 0.15) is 5.75 Å². The molecule has 1 aliphatic carbocycles. The number of hydrogen-bond donors (Lipinski definition) is 1. The van der Waals surface area contributed by atoms with Crippen LogP contribution in [0, 0.1) is 0 Å². The molecule has 0 spiro atoms. The van der Waals surface area contributed by atoms with Crippen molar-refractivity contribution in [1.29, 1.82) is 0 Å². The standard InChI is InChI=1S/C14H21NO4S/c1-15(11-14(16)9-3-4-10-14)20(17,18)13-7-5-12(19-2)6-8-13/h5-8,16H,3-4,9-11H2,1-2H3. The Bertz CT molecular complexity index is 547. The van der Waals surface area contributed by atoms with E-state index < -0.39 is 15.6 Å². The summed E-state index contributed by atoms with van der Waals surface area (Å²) in [5.74, 6) is 0.612. The van der Waals surface area contributed by atoms with Crippen LogP contribution in [0.3, 0.4) is 0 Å². The van der Waals surface area contributed by atoms with Gasteiger partial charge in [-0.2, -0.15) is 4.31 Å². The summed E-state index contributed by atoms with van der Waals surface area (Å²) in [7, 11) is -0.529. The van der Waals surface area contributed by atoms with Crippen LogP contribution in [0.25, 0.3) is 0 Å².